The van der Waals surface area contributed by atoms with Crippen LogP contribution in [0.3, 0.4) is 0 Å². The second-order valence-corrected chi connectivity index (χ2v) is 5.48. The summed E-state index contributed by atoms with van der Waals surface area (Å²) < 4.78 is 0. The molecule has 1 atom stereocenters. The van der Waals surface area contributed by atoms with Gasteiger partial charge in [0.1, 0.15) is 0 Å². The van der Waals surface area contributed by atoms with E-state index < -0.39 is 0 Å². The molecular weight excluding hydrogens is 270 g/mol. The standard InChI is InChI=1S/C15H23N3O3/c16-5-6-17-15(21)12-2-1-7-18(10-12)9-11-3-4-13(19)14(20)8-11/h3-4,8,12,19-20H,1-2,5-7,9-10,16H2,(H,17,21). The number of piperidine rings is 1. The van der Waals surface area contributed by atoms with Gasteiger partial charge in [0.2, 0.25) is 5.91 Å². The average molecular weight is 293 g/mol. The maximum atomic E-state index is 12.0. The lowest BCUT2D eigenvalue weighted by Crippen LogP contribution is -2.43. The number of nitrogens with one attached hydrogen (secondary N) is 1. The summed E-state index contributed by atoms with van der Waals surface area (Å²) in [6, 6.07) is 4.83. The molecule has 1 heterocycles. The Morgan fingerprint density at radius 3 is 2.90 bits per heavy atom. The summed E-state index contributed by atoms with van der Waals surface area (Å²) in [5.74, 6) is -0.159. The van der Waals surface area contributed by atoms with Crippen molar-refractivity contribution in [3.63, 3.8) is 0 Å². The van der Waals surface area contributed by atoms with Crippen molar-refractivity contribution in [2.45, 2.75) is 19.4 Å². The predicted molar refractivity (Wildman–Crippen MR) is 79.8 cm³/mol. The van der Waals surface area contributed by atoms with Crippen LogP contribution in [0, 0.1) is 5.92 Å². The van der Waals surface area contributed by atoms with Gasteiger partial charge in [-0.25, -0.2) is 0 Å². The molecule has 0 aromatic heterocycles. The third kappa shape index (κ3) is 4.34. The van der Waals surface area contributed by atoms with E-state index in [9.17, 15) is 15.0 Å². The first-order valence-electron chi connectivity index (χ1n) is 7.31. The maximum Gasteiger partial charge on any atom is 0.224 e. The van der Waals surface area contributed by atoms with Crippen LogP contribution >= 0.6 is 0 Å². The maximum absolute atomic E-state index is 12.0. The normalized spacial score (nSPS) is 19.4. The lowest BCUT2D eigenvalue weighted by molar-refractivity contribution is -0.126. The van der Waals surface area contributed by atoms with Gasteiger partial charge in [0.25, 0.3) is 0 Å². The largest absolute Gasteiger partial charge is 0.504 e. The Morgan fingerprint density at radius 2 is 2.19 bits per heavy atom. The molecular formula is C15H23N3O3. The zero-order chi connectivity index (χ0) is 15.2. The first-order chi connectivity index (χ1) is 10.1. The zero-order valence-corrected chi connectivity index (χ0v) is 12.1. The molecule has 1 saturated heterocycles. The van der Waals surface area contributed by atoms with Crippen LogP contribution in [0.2, 0.25) is 0 Å². The predicted octanol–water partition coefficient (Wildman–Crippen LogP) is 0.385. The van der Waals surface area contributed by atoms with Crippen LogP contribution in [0.1, 0.15) is 18.4 Å². The van der Waals surface area contributed by atoms with Crippen LogP contribution in [0.15, 0.2) is 18.2 Å². The fourth-order valence-electron chi connectivity index (χ4n) is 2.68. The van der Waals surface area contributed by atoms with E-state index in [0.717, 1.165) is 24.9 Å². The molecule has 116 valence electrons. The average Bonchev–Trinajstić information content (AvgIpc) is 2.49. The van der Waals surface area contributed by atoms with Gasteiger partial charge in [-0.2, -0.15) is 0 Å². The van der Waals surface area contributed by atoms with Crippen LogP contribution in [0.4, 0.5) is 0 Å². The fraction of sp³-hybridized carbons (Fsp3) is 0.533. The lowest BCUT2D eigenvalue weighted by Gasteiger charge is -2.32. The summed E-state index contributed by atoms with van der Waals surface area (Å²) in [7, 11) is 0. The van der Waals surface area contributed by atoms with E-state index in [1.165, 1.54) is 6.07 Å². The SMILES string of the molecule is NCCNC(=O)C1CCCN(Cc2ccc(O)c(O)c2)C1. The van der Waals surface area contributed by atoms with Crippen molar-refractivity contribution in [1.82, 2.24) is 10.2 Å². The van der Waals surface area contributed by atoms with Gasteiger partial charge >= 0.3 is 0 Å². The van der Waals surface area contributed by atoms with Crippen LogP contribution < -0.4 is 11.1 Å². The van der Waals surface area contributed by atoms with E-state index in [1.54, 1.807) is 12.1 Å². The minimum Gasteiger partial charge on any atom is -0.504 e. The van der Waals surface area contributed by atoms with E-state index in [0.29, 0.717) is 26.2 Å². The van der Waals surface area contributed by atoms with Crippen molar-refractivity contribution in [2.24, 2.45) is 11.7 Å². The number of phenolic OH excluding ortho intramolecular Hbond substituents is 2. The van der Waals surface area contributed by atoms with Crippen LogP contribution in [0.5, 0.6) is 11.5 Å². The number of carbonyl (C=O) groups excluding carboxylic acids is 1. The van der Waals surface area contributed by atoms with Crippen molar-refractivity contribution in [1.29, 1.82) is 0 Å². The minimum atomic E-state index is -0.114. The fourth-order valence-corrected chi connectivity index (χ4v) is 2.68. The Hall–Kier alpha value is -1.79. The Kier molecular flexibility index (Phi) is 5.41. The van der Waals surface area contributed by atoms with Crippen LogP contribution in [-0.2, 0) is 11.3 Å². The van der Waals surface area contributed by atoms with Gasteiger partial charge in [0.05, 0.1) is 5.92 Å². The van der Waals surface area contributed by atoms with Gasteiger partial charge < -0.3 is 21.3 Å². The summed E-state index contributed by atoms with van der Waals surface area (Å²) in [6.45, 7) is 3.27. The molecule has 0 aliphatic carbocycles. The number of hydrogen-bond acceptors (Lipinski definition) is 5. The highest BCUT2D eigenvalue weighted by Crippen LogP contribution is 2.26. The highest BCUT2D eigenvalue weighted by molar-refractivity contribution is 5.78. The Morgan fingerprint density at radius 1 is 1.38 bits per heavy atom. The van der Waals surface area contributed by atoms with Gasteiger partial charge in [-0.3, -0.25) is 9.69 Å². The number of nitrogens with two attached hydrogens (primary N) is 1. The number of hydrogen-bond donors (Lipinski definition) is 4. The topological polar surface area (TPSA) is 98.8 Å². The molecule has 0 radical (unpaired) electrons. The van der Waals surface area contributed by atoms with E-state index in [1.807, 2.05) is 0 Å². The third-order valence-corrected chi connectivity index (χ3v) is 3.77. The summed E-state index contributed by atoms with van der Waals surface area (Å²) in [5, 5.41) is 21.7. The highest BCUT2D eigenvalue weighted by atomic mass is 16.3. The smallest absolute Gasteiger partial charge is 0.224 e. The van der Waals surface area contributed by atoms with Gasteiger partial charge in [-0.15, -0.1) is 0 Å². The number of nitrogens with zero attached hydrogens (tertiary/aromatic N) is 1. The quantitative estimate of drug-likeness (QED) is 0.588. The first kappa shape index (κ1) is 15.6. The van der Waals surface area contributed by atoms with Gasteiger partial charge in [-0.05, 0) is 37.1 Å². The molecule has 1 aliphatic heterocycles. The number of aromatic hydroxyl groups is 2. The van der Waals surface area contributed by atoms with Crippen molar-refractivity contribution in [2.75, 3.05) is 26.2 Å². The van der Waals surface area contributed by atoms with Crippen molar-refractivity contribution >= 4 is 5.91 Å². The Bertz CT molecular complexity index is 493. The number of phenols is 2. The second kappa shape index (κ2) is 7.28. The lowest BCUT2D eigenvalue weighted by atomic mass is 9.96. The third-order valence-electron chi connectivity index (χ3n) is 3.77. The molecule has 6 heteroatoms. The minimum absolute atomic E-state index is 0.00369. The molecule has 0 spiro atoms. The van der Waals surface area contributed by atoms with Crippen LogP contribution in [0.25, 0.3) is 0 Å². The van der Waals surface area contributed by atoms with Crippen LogP contribution in [-0.4, -0.2) is 47.2 Å². The van der Waals surface area contributed by atoms with E-state index >= 15 is 0 Å². The molecule has 2 rings (SSSR count). The molecule has 6 nitrogen and oxygen atoms in total. The Balaban J connectivity index is 1.91. The van der Waals surface area contributed by atoms with E-state index in [4.69, 9.17) is 5.73 Å². The number of carbonyl (C=O) groups is 1. The number of likely N-dealkylation sites (tertiary alicyclic amines) is 1. The molecule has 1 amide bonds. The Labute approximate surface area is 124 Å². The molecule has 1 aromatic carbocycles. The van der Waals surface area contributed by atoms with E-state index in [-0.39, 0.29) is 23.3 Å². The van der Waals surface area contributed by atoms with Crippen molar-refractivity contribution in [3.05, 3.63) is 23.8 Å². The number of rotatable bonds is 5. The molecule has 1 unspecified atom stereocenters. The molecule has 5 N–H and O–H groups in total. The molecule has 1 aliphatic rings. The monoisotopic (exact) mass is 293 g/mol. The van der Waals surface area contributed by atoms with Gasteiger partial charge in [-0.1, -0.05) is 6.07 Å². The van der Waals surface area contributed by atoms with Gasteiger partial charge in [0, 0.05) is 26.2 Å². The summed E-state index contributed by atoms with van der Waals surface area (Å²) >= 11 is 0. The second-order valence-electron chi connectivity index (χ2n) is 5.48. The molecule has 0 bridgehead atoms. The molecule has 1 aromatic rings. The zero-order valence-electron chi connectivity index (χ0n) is 12.1. The number of benzene rings is 1. The molecule has 21 heavy (non-hydrogen) atoms. The number of amides is 1. The summed E-state index contributed by atoms with van der Waals surface area (Å²) in [6.07, 6.45) is 1.87. The highest BCUT2D eigenvalue weighted by Gasteiger charge is 2.25. The summed E-state index contributed by atoms with van der Waals surface area (Å²) in [4.78, 5) is 14.2. The molecule has 1 fully saturated rings. The van der Waals surface area contributed by atoms with Crippen molar-refractivity contribution in [3.8, 4) is 11.5 Å². The summed E-state index contributed by atoms with van der Waals surface area (Å²) in [5.41, 5.74) is 6.32. The first-order valence-corrected chi connectivity index (χ1v) is 7.31. The van der Waals surface area contributed by atoms with E-state index in [2.05, 4.69) is 10.2 Å². The van der Waals surface area contributed by atoms with Crippen molar-refractivity contribution < 1.29 is 15.0 Å². The molecule has 0 saturated carbocycles. The van der Waals surface area contributed by atoms with Gasteiger partial charge in [0.15, 0.2) is 11.5 Å².